The molecule has 2 aromatic rings. The lowest BCUT2D eigenvalue weighted by molar-refractivity contribution is 0.193. The molecule has 0 spiro atoms. The molecule has 0 unspecified atom stereocenters. The van der Waals surface area contributed by atoms with Gasteiger partial charge in [-0.05, 0) is 44.4 Å². The molecule has 0 saturated carbocycles. The number of nitrogens with zero attached hydrogens (tertiary/aromatic N) is 5. The number of hydrogen-bond acceptors (Lipinski definition) is 4. The van der Waals surface area contributed by atoms with Gasteiger partial charge in [0.1, 0.15) is 0 Å². The van der Waals surface area contributed by atoms with Gasteiger partial charge in [0, 0.05) is 18.2 Å². The van der Waals surface area contributed by atoms with Crippen LogP contribution in [0.15, 0.2) is 30.3 Å². The third-order valence-electron chi connectivity index (χ3n) is 4.12. The van der Waals surface area contributed by atoms with Crippen LogP contribution in [0.4, 0.5) is 0 Å². The fraction of sp³-hybridized carbons (Fsp3) is 0.632. The Morgan fingerprint density at radius 3 is 2.42 bits per heavy atom. The Balaban J connectivity index is 1.70. The summed E-state index contributed by atoms with van der Waals surface area (Å²) in [5.41, 5.74) is 1.02. The Morgan fingerprint density at radius 2 is 1.75 bits per heavy atom. The molecule has 24 heavy (non-hydrogen) atoms. The standard InChI is InChI=1S/C19H31N5/c1-16(2)15-23(17(3)4)13-9-6-10-14-24-21-19(20-22-24)18-11-7-5-8-12-18/h5,7-8,11-12,16-17H,6,9-10,13-15H2,1-4H3. The molecule has 2 rings (SSSR count). The second kappa shape index (κ2) is 9.52. The highest BCUT2D eigenvalue weighted by atomic mass is 15.6. The molecule has 1 aromatic heterocycles. The summed E-state index contributed by atoms with van der Waals surface area (Å²) in [5.74, 6) is 1.43. The van der Waals surface area contributed by atoms with Crippen molar-refractivity contribution in [3.63, 3.8) is 0 Å². The van der Waals surface area contributed by atoms with Crippen molar-refractivity contribution in [1.29, 1.82) is 0 Å². The lowest BCUT2D eigenvalue weighted by Crippen LogP contribution is -2.35. The monoisotopic (exact) mass is 329 g/mol. The third kappa shape index (κ3) is 6.04. The topological polar surface area (TPSA) is 46.8 Å². The molecular formula is C19H31N5. The molecular weight excluding hydrogens is 298 g/mol. The number of unbranched alkanes of at least 4 members (excludes halogenated alkanes) is 2. The lowest BCUT2D eigenvalue weighted by atomic mass is 10.1. The summed E-state index contributed by atoms with van der Waals surface area (Å²) < 4.78 is 0. The zero-order chi connectivity index (χ0) is 17.4. The van der Waals surface area contributed by atoms with Gasteiger partial charge in [0.05, 0.1) is 6.54 Å². The van der Waals surface area contributed by atoms with Crippen molar-refractivity contribution in [2.24, 2.45) is 5.92 Å². The highest BCUT2D eigenvalue weighted by Crippen LogP contribution is 2.12. The van der Waals surface area contributed by atoms with E-state index in [0.29, 0.717) is 11.9 Å². The molecule has 1 aromatic carbocycles. The van der Waals surface area contributed by atoms with Crippen molar-refractivity contribution in [2.75, 3.05) is 13.1 Å². The lowest BCUT2D eigenvalue weighted by Gasteiger charge is -2.28. The summed E-state index contributed by atoms with van der Waals surface area (Å²) >= 11 is 0. The predicted octanol–water partition coefficient (Wildman–Crippen LogP) is 3.88. The van der Waals surface area contributed by atoms with Crippen LogP contribution in [0.25, 0.3) is 11.4 Å². The molecule has 0 fully saturated rings. The van der Waals surface area contributed by atoms with Gasteiger partial charge in [-0.1, -0.05) is 50.6 Å². The van der Waals surface area contributed by atoms with Gasteiger partial charge in [0.2, 0.25) is 5.82 Å². The summed E-state index contributed by atoms with van der Waals surface area (Å²) in [4.78, 5) is 4.29. The largest absolute Gasteiger partial charge is 0.301 e. The molecule has 5 nitrogen and oxygen atoms in total. The summed E-state index contributed by atoms with van der Waals surface area (Å²) in [6.07, 6.45) is 3.52. The van der Waals surface area contributed by atoms with Crippen LogP contribution < -0.4 is 0 Å². The minimum atomic E-state index is 0.623. The molecule has 0 bridgehead atoms. The average Bonchev–Trinajstić information content (AvgIpc) is 3.02. The summed E-state index contributed by atoms with van der Waals surface area (Å²) in [6.45, 7) is 12.3. The van der Waals surface area contributed by atoms with Gasteiger partial charge >= 0.3 is 0 Å². The number of aryl methyl sites for hydroxylation is 1. The van der Waals surface area contributed by atoms with Crippen LogP contribution in [0.1, 0.15) is 47.0 Å². The van der Waals surface area contributed by atoms with E-state index in [9.17, 15) is 0 Å². The maximum Gasteiger partial charge on any atom is 0.204 e. The Kier molecular flexibility index (Phi) is 7.37. The molecule has 5 heteroatoms. The fourth-order valence-electron chi connectivity index (χ4n) is 2.81. The van der Waals surface area contributed by atoms with Crippen molar-refractivity contribution in [3.8, 4) is 11.4 Å². The van der Waals surface area contributed by atoms with E-state index in [1.807, 2.05) is 30.3 Å². The Morgan fingerprint density at radius 1 is 1.00 bits per heavy atom. The second-order valence-corrected chi connectivity index (χ2v) is 7.12. The molecule has 0 N–H and O–H groups in total. The van der Waals surface area contributed by atoms with Gasteiger partial charge in [0.25, 0.3) is 0 Å². The van der Waals surface area contributed by atoms with Crippen LogP contribution in [0.5, 0.6) is 0 Å². The molecule has 0 saturated heterocycles. The van der Waals surface area contributed by atoms with E-state index in [4.69, 9.17) is 0 Å². The van der Waals surface area contributed by atoms with Crippen LogP contribution in [-0.4, -0.2) is 44.2 Å². The fourth-order valence-corrected chi connectivity index (χ4v) is 2.81. The van der Waals surface area contributed by atoms with Gasteiger partial charge in [-0.25, -0.2) is 0 Å². The predicted molar refractivity (Wildman–Crippen MR) is 98.7 cm³/mol. The smallest absolute Gasteiger partial charge is 0.204 e. The quantitative estimate of drug-likeness (QED) is 0.621. The number of benzene rings is 1. The molecule has 0 aliphatic heterocycles. The van der Waals surface area contributed by atoms with Gasteiger partial charge in [-0.3, -0.25) is 0 Å². The van der Waals surface area contributed by atoms with E-state index in [0.717, 1.165) is 24.4 Å². The van der Waals surface area contributed by atoms with Crippen LogP contribution in [-0.2, 0) is 6.54 Å². The van der Waals surface area contributed by atoms with E-state index < -0.39 is 0 Å². The first-order valence-corrected chi connectivity index (χ1v) is 9.13. The highest BCUT2D eigenvalue weighted by Gasteiger charge is 2.10. The van der Waals surface area contributed by atoms with Crippen molar-refractivity contribution >= 4 is 0 Å². The van der Waals surface area contributed by atoms with Crippen molar-refractivity contribution in [2.45, 2.75) is 59.5 Å². The maximum absolute atomic E-state index is 4.46. The molecule has 0 atom stereocenters. The normalized spacial score (nSPS) is 11.8. The van der Waals surface area contributed by atoms with Crippen LogP contribution >= 0.6 is 0 Å². The summed E-state index contributed by atoms with van der Waals surface area (Å²) in [6, 6.07) is 10.6. The van der Waals surface area contributed by atoms with E-state index in [2.05, 4.69) is 48.0 Å². The zero-order valence-electron chi connectivity index (χ0n) is 15.5. The van der Waals surface area contributed by atoms with Gasteiger partial charge < -0.3 is 4.90 Å². The van der Waals surface area contributed by atoms with Crippen molar-refractivity contribution in [3.05, 3.63) is 30.3 Å². The van der Waals surface area contributed by atoms with Gasteiger partial charge in [-0.2, -0.15) is 4.80 Å². The van der Waals surface area contributed by atoms with Gasteiger partial charge in [-0.15, -0.1) is 10.2 Å². The second-order valence-electron chi connectivity index (χ2n) is 7.12. The minimum Gasteiger partial charge on any atom is -0.301 e. The Hall–Kier alpha value is -1.75. The Labute approximate surface area is 146 Å². The SMILES string of the molecule is CC(C)CN(CCCCCn1nnc(-c2ccccc2)n1)C(C)C. The van der Waals surface area contributed by atoms with Gasteiger partial charge in [0.15, 0.2) is 0 Å². The number of tetrazole rings is 1. The molecule has 0 radical (unpaired) electrons. The van der Waals surface area contributed by atoms with Crippen molar-refractivity contribution in [1.82, 2.24) is 25.1 Å². The average molecular weight is 329 g/mol. The van der Waals surface area contributed by atoms with Crippen LogP contribution in [0.2, 0.25) is 0 Å². The van der Waals surface area contributed by atoms with E-state index in [-0.39, 0.29) is 0 Å². The minimum absolute atomic E-state index is 0.623. The third-order valence-corrected chi connectivity index (χ3v) is 4.12. The van der Waals surface area contributed by atoms with Crippen molar-refractivity contribution < 1.29 is 0 Å². The first kappa shape index (κ1) is 18.6. The Bertz CT molecular complexity index is 576. The molecule has 0 aliphatic rings. The first-order chi connectivity index (χ1) is 11.6. The van der Waals surface area contributed by atoms with Crippen LogP contribution in [0.3, 0.4) is 0 Å². The maximum atomic E-state index is 4.46. The summed E-state index contributed by atoms with van der Waals surface area (Å²) in [7, 11) is 0. The molecule has 0 amide bonds. The molecule has 0 aliphatic carbocycles. The number of aromatic nitrogens is 4. The van der Waals surface area contributed by atoms with E-state index in [1.54, 1.807) is 4.80 Å². The summed E-state index contributed by atoms with van der Waals surface area (Å²) in [5, 5.41) is 12.8. The number of hydrogen-bond donors (Lipinski definition) is 0. The van der Waals surface area contributed by atoms with Crippen LogP contribution in [0, 0.1) is 5.92 Å². The molecule has 1 heterocycles. The number of rotatable bonds is 10. The van der Waals surface area contributed by atoms with E-state index in [1.165, 1.54) is 25.9 Å². The molecule has 132 valence electrons. The van der Waals surface area contributed by atoms with E-state index >= 15 is 0 Å². The zero-order valence-corrected chi connectivity index (χ0v) is 15.5. The highest BCUT2D eigenvalue weighted by molar-refractivity contribution is 5.52. The first-order valence-electron chi connectivity index (χ1n) is 9.13.